The topological polar surface area (TPSA) is 78.5 Å². The van der Waals surface area contributed by atoms with Crippen molar-refractivity contribution in [1.82, 2.24) is 14.3 Å². The van der Waals surface area contributed by atoms with Crippen LogP contribution in [0.25, 0.3) is 11.8 Å². The second kappa shape index (κ2) is 9.72. The van der Waals surface area contributed by atoms with Crippen molar-refractivity contribution >= 4 is 35.0 Å². The minimum absolute atomic E-state index is 0.227. The van der Waals surface area contributed by atoms with E-state index in [2.05, 4.69) is 10.1 Å². The molecule has 5 rings (SSSR count). The molecule has 0 fully saturated rings. The number of benzene rings is 2. The Balaban J connectivity index is 1.70. The lowest BCUT2D eigenvalue weighted by Crippen LogP contribution is -2.39. The Bertz CT molecular complexity index is 1670. The molecule has 9 heteroatoms. The molecular weight excluding hydrogens is 496 g/mol. The number of para-hydroxylation sites is 1. The third-order valence-electron chi connectivity index (χ3n) is 6.03. The van der Waals surface area contributed by atoms with E-state index in [0.29, 0.717) is 31.3 Å². The highest BCUT2D eigenvalue weighted by molar-refractivity contribution is 7.07. The van der Waals surface area contributed by atoms with Gasteiger partial charge in [0.1, 0.15) is 0 Å². The van der Waals surface area contributed by atoms with E-state index in [1.165, 1.54) is 11.3 Å². The van der Waals surface area contributed by atoms with Crippen molar-refractivity contribution in [3.8, 4) is 5.69 Å². The fraction of sp³-hybridized carbons (Fsp3) is 0.185. The van der Waals surface area contributed by atoms with Crippen molar-refractivity contribution in [1.29, 1.82) is 0 Å². The summed E-state index contributed by atoms with van der Waals surface area (Å²) < 4.78 is 9.10. The lowest BCUT2D eigenvalue weighted by molar-refractivity contribution is -0.139. The summed E-state index contributed by atoms with van der Waals surface area (Å²) in [6.07, 6.45) is 1.75. The van der Waals surface area contributed by atoms with Crippen molar-refractivity contribution < 1.29 is 9.53 Å². The van der Waals surface area contributed by atoms with E-state index in [9.17, 15) is 9.59 Å². The number of allylic oxidation sites excluding steroid dienone is 1. The minimum atomic E-state index is -0.646. The van der Waals surface area contributed by atoms with E-state index >= 15 is 0 Å². The van der Waals surface area contributed by atoms with Gasteiger partial charge >= 0.3 is 5.97 Å². The number of aromatic nitrogens is 3. The number of carbonyl (C=O) groups is 1. The highest BCUT2D eigenvalue weighted by Crippen LogP contribution is 2.30. The van der Waals surface area contributed by atoms with E-state index in [-0.39, 0.29) is 12.2 Å². The largest absolute Gasteiger partial charge is 0.463 e. The first-order valence-electron chi connectivity index (χ1n) is 11.5. The first kappa shape index (κ1) is 24.0. The number of esters is 1. The number of hydrogen-bond acceptors (Lipinski definition) is 6. The summed E-state index contributed by atoms with van der Waals surface area (Å²) in [5.41, 5.74) is 3.76. The number of halogens is 1. The Kier molecular flexibility index (Phi) is 6.47. The quantitative estimate of drug-likeness (QED) is 0.375. The average molecular weight is 519 g/mol. The van der Waals surface area contributed by atoms with Crippen LogP contribution in [0, 0.1) is 6.92 Å². The maximum atomic E-state index is 13.8. The minimum Gasteiger partial charge on any atom is -0.463 e. The van der Waals surface area contributed by atoms with Crippen LogP contribution in [0.3, 0.4) is 0 Å². The number of hydrogen-bond donors (Lipinski definition) is 0. The van der Waals surface area contributed by atoms with Gasteiger partial charge in [-0.25, -0.2) is 14.5 Å². The zero-order chi connectivity index (χ0) is 25.4. The molecule has 2 aromatic carbocycles. The van der Waals surface area contributed by atoms with Crippen LogP contribution < -0.4 is 14.9 Å². The number of thiazole rings is 1. The lowest BCUT2D eigenvalue weighted by Gasteiger charge is -2.24. The monoisotopic (exact) mass is 518 g/mol. The van der Waals surface area contributed by atoms with Crippen molar-refractivity contribution in [2.24, 2.45) is 4.99 Å². The molecule has 0 saturated carbocycles. The normalized spacial score (nSPS) is 15.6. The maximum absolute atomic E-state index is 13.8. The molecule has 0 amide bonds. The summed E-state index contributed by atoms with van der Waals surface area (Å²) in [7, 11) is 0. The van der Waals surface area contributed by atoms with Gasteiger partial charge in [-0.2, -0.15) is 5.10 Å². The zero-order valence-electron chi connectivity index (χ0n) is 19.9. The van der Waals surface area contributed by atoms with Crippen molar-refractivity contribution in [2.75, 3.05) is 6.61 Å². The van der Waals surface area contributed by atoms with E-state index in [1.807, 2.05) is 67.6 Å². The van der Waals surface area contributed by atoms with Crippen LogP contribution in [0.15, 0.2) is 81.7 Å². The summed E-state index contributed by atoms with van der Waals surface area (Å²) >= 11 is 7.77. The third kappa shape index (κ3) is 4.12. The predicted molar refractivity (Wildman–Crippen MR) is 140 cm³/mol. The SMILES string of the molecule is CCOC(=O)C1=C(C)N=c2s/c(=C\c3c(Cl)nn(-c4ccccc4)c3C)c(=O)n2C1c1ccccc1. The summed E-state index contributed by atoms with van der Waals surface area (Å²) in [5, 5.41) is 4.77. The molecule has 1 aliphatic rings. The molecule has 4 aromatic rings. The van der Waals surface area contributed by atoms with Gasteiger partial charge in [-0.05, 0) is 44.5 Å². The van der Waals surface area contributed by atoms with E-state index in [1.54, 1.807) is 29.2 Å². The van der Waals surface area contributed by atoms with Crippen molar-refractivity contribution in [3.63, 3.8) is 0 Å². The Morgan fingerprint density at radius 3 is 2.44 bits per heavy atom. The third-order valence-corrected chi connectivity index (χ3v) is 7.29. The Morgan fingerprint density at radius 1 is 1.11 bits per heavy atom. The molecule has 1 atom stereocenters. The molecule has 0 aliphatic carbocycles. The second-order valence-electron chi connectivity index (χ2n) is 8.25. The summed E-state index contributed by atoms with van der Waals surface area (Å²) in [6, 6.07) is 18.5. The number of ether oxygens (including phenoxy) is 1. The highest BCUT2D eigenvalue weighted by Gasteiger charge is 2.33. The molecule has 7 nitrogen and oxygen atoms in total. The van der Waals surface area contributed by atoms with Gasteiger partial charge in [0.2, 0.25) is 0 Å². The van der Waals surface area contributed by atoms with Crippen molar-refractivity contribution in [2.45, 2.75) is 26.8 Å². The Hall–Kier alpha value is -3.75. The first-order valence-corrected chi connectivity index (χ1v) is 12.6. The standard InChI is InChI=1S/C27H23ClN4O3S/c1-4-35-26(34)22-16(2)29-27-31(23(22)18-11-7-5-8-12-18)25(33)21(36-27)15-20-17(3)32(30-24(20)28)19-13-9-6-10-14-19/h5-15,23H,4H2,1-3H3/b21-15-. The number of rotatable bonds is 5. The van der Waals surface area contributed by atoms with Gasteiger partial charge in [-0.1, -0.05) is 71.5 Å². The molecule has 2 aromatic heterocycles. The van der Waals surface area contributed by atoms with E-state index in [4.69, 9.17) is 16.3 Å². The van der Waals surface area contributed by atoms with Crippen LogP contribution in [0.4, 0.5) is 0 Å². The Morgan fingerprint density at radius 2 is 1.78 bits per heavy atom. The van der Waals surface area contributed by atoms with Gasteiger partial charge in [0.05, 0.1) is 39.8 Å². The van der Waals surface area contributed by atoms with Gasteiger partial charge in [0.25, 0.3) is 5.56 Å². The predicted octanol–water partition coefficient (Wildman–Crippen LogP) is 3.95. The maximum Gasteiger partial charge on any atom is 0.338 e. The van der Waals surface area contributed by atoms with Gasteiger partial charge in [0.15, 0.2) is 9.95 Å². The highest BCUT2D eigenvalue weighted by atomic mass is 35.5. The molecule has 1 unspecified atom stereocenters. The van der Waals surface area contributed by atoms with Crippen LogP contribution >= 0.6 is 22.9 Å². The summed E-state index contributed by atoms with van der Waals surface area (Å²) in [6.45, 7) is 5.65. The number of fused-ring (bicyclic) bond motifs is 1. The average Bonchev–Trinajstić information content (AvgIpc) is 3.34. The molecular formula is C27H23ClN4O3S. The Labute approximate surface area is 216 Å². The number of carbonyl (C=O) groups excluding carboxylic acids is 1. The van der Waals surface area contributed by atoms with Gasteiger partial charge < -0.3 is 4.74 Å². The molecule has 1 aliphatic heterocycles. The number of nitrogens with zero attached hydrogens (tertiary/aromatic N) is 4. The van der Waals surface area contributed by atoms with Crippen LogP contribution in [0.2, 0.25) is 5.15 Å². The fourth-order valence-corrected chi connectivity index (χ4v) is 5.63. The molecule has 182 valence electrons. The molecule has 0 bridgehead atoms. The second-order valence-corrected chi connectivity index (χ2v) is 9.62. The van der Waals surface area contributed by atoms with Crippen LogP contribution in [-0.2, 0) is 9.53 Å². The van der Waals surface area contributed by atoms with Gasteiger partial charge in [-0.3, -0.25) is 9.36 Å². The zero-order valence-corrected chi connectivity index (χ0v) is 21.5. The van der Waals surface area contributed by atoms with E-state index < -0.39 is 12.0 Å². The molecule has 0 spiro atoms. The summed E-state index contributed by atoms with van der Waals surface area (Å²) in [5.74, 6) is -0.482. The molecule has 0 saturated heterocycles. The fourth-order valence-electron chi connectivity index (χ4n) is 4.34. The smallest absolute Gasteiger partial charge is 0.338 e. The molecule has 3 heterocycles. The summed E-state index contributed by atoms with van der Waals surface area (Å²) in [4.78, 5) is 31.8. The van der Waals surface area contributed by atoms with Crippen LogP contribution in [0.5, 0.6) is 0 Å². The lowest BCUT2D eigenvalue weighted by atomic mass is 9.96. The molecule has 36 heavy (non-hydrogen) atoms. The van der Waals surface area contributed by atoms with Crippen LogP contribution in [0.1, 0.15) is 36.7 Å². The molecule has 0 N–H and O–H groups in total. The first-order chi connectivity index (χ1) is 17.4. The van der Waals surface area contributed by atoms with Crippen LogP contribution in [-0.4, -0.2) is 26.9 Å². The molecule has 0 radical (unpaired) electrons. The van der Waals surface area contributed by atoms with E-state index in [0.717, 1.165) is 16.9 Å². The van der Waals surface area contributed by atoms with Crippen molar-refractivity contribution in [3.05, 3.63) is 114 Å². The van der Waals surface area contributed by atoms with Gasteiger partial charge in [0, 0.05) is 5.56 Å². The van der Waals surface area contributed by atoms with Gasteiger partial charge in [-0.15, -0.1) is 0 Å².